The average Bonchev–Trinajstić information content (AvgIpc) is 2.40. The standard InChI is InChI=1S/C11H11F2NO3/c1-14-8-6-7(17-11(12)13)2-3-9(8)16-5-4-10(14)15/h2-3,6,11H,4-5H2,1H3. The van der Waals surface area contributed by atoms with Crippen molar-refractivity contribution in [2.45, 2.75) is 13.0 Å². The summed E-state index contributed by atoms with van der Waals surface area (Å²) in [7, 11) is 1.57. The van der Waals surface area contributed by atoms with Crippen LogP contribution in [0.15, 0.2) is 18.2 Å². The summed E-state index contributed by atoms with van der Waals surface area (Å²) >= 11 is 0. The maximum Gasteiger partial charge on any atom is 0.387 e. The lowest BCUT2D eigenvalue weighted by Gasteiger charge is -2.17. The van der Waals surface area contributed by atoms with Gasteiger partial charge in [0.25, 0.3) is 0 Å². The molecule has 1 amide bonds. The van der Waals surface area contributed by atoms with Crippen molar-refractivity contribution in [1.29, 1.82) is 0 Å². The van der Waals surface area contributed by atoms with Crippen LogP contribution in [0.2, 0.25) is 0 Å². The SMILES string of the molecule is CN1C(=O)CCOc2ccc(OC(F)F)cc21. The van der Waals surface area contributed by atoms with Gasteiger partial charge in [-0.25, -0.2) is 0 Å². The van der Waals surface area contributed by atoms with Crippen LogP contribution in [0.25, 0.3) is 0 Å². The third-order valence-corrected chi connectivity index (χ3v) is 2.46. The van der Waals surface area contributed by atoms with Gasteiger partial charge in [-0.05, 0) is 12.1 Å². The molecule has 4 nitrogen and oxygen atoms in total. The molecule has 0 aliphatic carbocycles. The summed E-state index contributed by atoms with van der Waals surface area (Å²) in [5.74, 6) is 0.363. The summed E-state index contributed by atoms with van der Waals surface area (Å²) in [6, 6.07) is 4.27. The zero-order chi connectivity index (χ0) is 12.4. The number of halogens is 2. The van der Waals surface area contributed by atoms with Crippen LogP contribution >= 0.6 is 0 Å². The molecule has 0 N–H and O–H groups in total. The molecular formula is C11H11F2NO3. The van der Waals surface area contributed by atoms with Crippen molar-refractivity contribution in [3.8, 4) is 11.5 Å². The fourth-order valence-electron chi connectivity index (χ4n) is 1.61. The Kier molecular flexibility index (Phi) is 3.12. The molecule has 6 heteroatoms. The number of amides is 1. The van der Waals surface area contributed by atoms with E-state index in [9.17, 15) is 13.6 Å². The molecule has 17 heavy (non-hydrogen) atoms. The molecule has 1 heterocycles. The lowest BCUT2D eigenvalue weighted by molar-refractivity contribution is -0.118. The summed E-state index contributed by atoms with van der Waals surface area (Å²) in [4.78, 5) is 12.9. The molecule has 1 aliphatic heterocycles. The molecule has 0 radical (unpaired) electrons. The van der Waals surface area contributed by atoms with E-state index in [1.54, 1.807) is 7.05 Å². The zero-order valence-electron chi connectivity index (χ0n) is 9.15. The molecule has 0 fully saturated rings. The second-order valence-corrected chi connectivity index (χ2v) is 3.56. The van der Waals surface area contributed by atoms with Gasteiger partial charge in [-0.3, -0.25) is 4.79 Å². The van der Waals surface area contributed by atoms with E-state index in [0.29, 0.717) is 11.4 Å². The topological polar surface area (TPSA) is 38.8 Å². The van der Waals surface area contributed by atoms with E-state index < -0.39 is 6.61 Å². The van der Waals surface area contributed by atoms with E-state index in [1.165, 1.54) is 23.1 Å². The molecule has 0 saturated carbocycles. The number of rotatable bonds is 2. The number of hydrogen-bond donors (Lipinski definition) is 0. The van der Waals surface area contributed by atoms with Crippen molar-refractivity contribution < 1.29 is 23.0 Å². The molecule has 0 atom stereocenters. The Morgan fingerprint density at radius 3 is 2.94 bits per heavy atom. The molecule has 1 aliphatic rings. The third kappa shape index (κ3) is 2.46. The number of nitrogens with zero attached hydrogens (tertiary/aromatic N) is 1. The van der Waals surface area contributed by atoms with Gasteiger partial charge in [0.05, 0.1) is 18.7 Å². The lowest BCUT2D eigenvalue weighted by Crippen LogP contribution is -2.25. The quantitative estimate of drug-likeness (QED) is 0.797. The highest BCUT2D eigenvalue weighted by Crippen LogP contribution is 2.34. The molecule has 0 spiro atoms. The van der Waals surface area contributed by atoms with Crippen LogP contribution in [-0.2, 0) is 4.79 Å². The van der Waals surface area contributed by atoms with Gasteiger partial charge >= 0.3 is 6.61 Å². The minimum atomic E-state index is -2.89. The van der Waals surface area contributed by atoms with Gasteiger partial charge in [-0.1, -0.05) is 0 Å². The fourth-order valence-corrected chi connectivity index (χ4v) is 1.61. The van der Waals surface area contributed by atoms with Crippen LogP contribution in [0.5, 0.6) is 11.5 Å². The Morgan fingerprint density at radius 2 is 2.24 bits per heavy atom. The Hall–Kier alpha value is -1.85. The van der Waals surface area contributed by atoms with Crippen molar-refractivity contribution in [3.05, 3.63) is 18.2 Å². The van der Waals surface area contributed by atoms with E-state index in [2.05, 4.69) is 4.74 Å². The number of fused-ring (bicyclic) bond motifs is 1. The van der Waals surface area contributed by atoms with Crippen LogP contribution in [0.3, 0.4) is 0 Å². The average molecular weight is 243 g/mol. The van der Waals surface area contributed by atoms with Gasteiger partial charge in [0.15, 0.2) is 0 Å². The van der Waals surface area contributed by atoms with E-state index in [-0.39, 0.29) is 24.7 Å². The van der Waals surface area contributed by atoms with Crippen molar-refractivity contribution >= 4 is 11.6 Å². The maximum atomic E-state index is 12.1. The number of carbonyl (C=O) groups is 1. The summed E-state index contributed by atoms with van der Waals surface area (Å²) in [6.07, 6.45) is 0.260. The molecule has 0 saturated heterocycles. The molecule has 1 aromatic rings. The van der Waals surface area contributed by atoms with Crippen LogP contribution in [0.4, 0.5) is 14.5 Å². The van der Waals surface area contributed by atoms with Gasteiger partial charge in [0.1, 0.15) is 11.5 Å². The number of hydrogen-bond acceptors (Lipinski definition) is 3. The second kappa shape index (κ2) is 4.57. The highest BCUT2D eigenvalue weighted by molar-refractivity contribution is 5.95. The van der Waals surface area contributed by atoms with Gasteiger partial charge in [0, 0.05) is 13.1 Å². The highest BCUT2D eigenvalue weighted by Gasteiger charge is 2.20. The number of carbonyl (C=O) groups excluding carboxylic acids is 1. The number of alkyl halides is 2. The van der Waals surface area contributed by atoms with Gasteiger partial charge in [-0.15, -0.1) is 0 Å². The van der Waals surface area contributed by atoms with Crippen LogP contribution in [0.1, 0.15) is 6.42 Å². The van der Waals surface area contributed by atoms with Gasteiger partial charge in [-0.2, -0.15) is 8.78 Å². The minimum Gasteiger partial charge on any atom is -0.491 e. The lowest BCUT2D eigenvalue weighted by atomic mass is 10.2. The van der Waals surface area contributed by atoms with Gasteiger partial charge in [0.2, 0.25) is 5.91 Å². The molecular weight excluding hydrogens is 232 g/mol. The van der Waals surface area contributed by atoms with Crippen molar-refractivity contribution in [2.75, 3.05) is 18.6 Å². The monoisotopic (exact) mass is 243 g/mol. The molecule has 0 unspecified atom stereocenters. The first-order valence-electron chi connectivity index (χ1n) is 5.06. The second-order valence-electron chi connectivity index (χ2n) is 3.56. The number of anilines is 1. The molecule has 0 bridgehead atoms. The normalized spacial score (nSPS) is 15.3. The summed E-state index contributed by atoms with van der Waals surface area (Å²) in [5.41, 5.74) is 0.436. The predicted molar refractivity (Wildman–Crippen MR) is 56.6 cm³/mol. The first-order valence-corrected chi connectivity index (χ1v) is 5.06. The van der Waals surface area contributed by atoms with Crippen LogP contribution < -0.4 is 14.4 Å². The first kappa shape index (κ1) is 11.6. The molecule has 92 valence electrons. The van der Waals surface area contributed by atoms with E-state index in [0.717, 1.165) is 0 Å². The summed E-state index contributed by atoms with van der Waals surface area (Å²) in [5, 5.41) is 0. The van der Waals surface area contributed by atoms with E-state index >= 15 is 0 Å². The van der Waals surface area contributed by atoms with Crippen LogP contribution in [0, 0.1) is 0 Å². The van der Waals surface area contributed by atoms with E-state index in [1.807, 2.05) is 0 Å². The van der Waals surface area contributed by atoms with Gasteiger partial charge < -0.3 is 14.4 Å². The summed E-state index contributed by atoms with van der Waals surface area (Å²) < 4.78 is 33.8. The third-order valence-electron chi connectivity index (χ3n) is 2.46. The predicted octanol–water partition coefficient (Wildman–Crippen LogP) is 2.03. The Labute approximate surface area is 96.7 Å². The van der Waals surface area contributed by atoms with Crippen LogP contribution in [-0.4, -0.2) is 26.2 Å². The van der Waals surface area contributed by atoms with E-state index in [4.69, 9.17) is 4.74 Å². The summed E-state index contributed by atoms with van der Waals surface area (Å²) in [6.45, 7) is -2.61. The number of benzene rings is 1. The van der Waals surface area contributed by atoms with Crippen molar-refractivity contribution in [2.24, 2.45) is 0 Å². The highest BCUT2D eigenvalue weighted by atomic mass is 19.3. The number of ether oxygens (including phenoxy) is 2. The smallest absolute Gasteiger partial charge is 0.387 e. The minimum absolute atomic E-state index is 0.00361. The molecule has 1 aromatic carbocycles. The zero-order valence-corrected chi connectivity index (χ0v) is 9.15. The Morgan fingerprint density at radius 1 is 1.47 bits per heavy atom. The molecule has 0 aromatic heterocycles. The van der Waals surface area contributed by atoms with Crippen molar-refractivity contribution in [3.63, 3.8) is 0 Å². The largest absolute Gasteiger partial charge is 0.491 e. The molecule has 2 rings (SSSR count). The Balaban J connectivity index is 2.35. The Bertz CT molecular complexity index is 437. The fraction of sp³-hybridized carbons (Fsp3) is 0.364. The maximum absolute atomic E-state index is 12.1. The van der Waals surface area contributed by atoms with Crippen molar-refractivity contribution in [1.82, 2.24) is 0 Å². The first-order chi connectivity index (χ1) is 8.08.